The molecule has 4 nitrogen and oxygen atoms in total. The average Bonchev–Trinajstić information content (AvgIpc) is 2.98. The van der Waals surface area contributed by atoms with Crippen molar-refractivity contribution in [2.24, 2.45) is 0 Å². The molecule has 0 radical (unpaired) electrons. The number of rotatable bonds is 5. The van der Waals surface area contributed by atoms with Gasteiger partial charge in [-0.2, -0.15) is 0 Å². The van der Waals surface area contributed by atoms with E-state index >= 15 is 0 Å². The Morgan fingerprint density at radius 3 is 2.22 bits per heavy atom. The first-order chi connectivity index (χ1) is 15.3. The molecule has 5 heteroatoms. The molecule has 0 bridgehead atoms. The number of hydrogen-bond acceptors (Lipinski definition) is 3. The molecule has 0 spiro atoms. The number of hydrogen-bond donors (Lipinski definition) is 1. The molecule has 0 fully saturated rings. The van der Waals surface area contributed by atoms with Crippen molar-refractivity contribution in [3.8, 4) is 0 Å². The number of nitrogens with zero attached hydrogens (tertiary/aromatic N) is 1. The fraction of sp³-hybridized carbons (Fsp3) is 0.185. The van der Waals surface area contributed by atoms with Crippen molar-refractivity contribution in [1.29, 1.82) is 0 Å². The highest BCUT2D eigenvalue weighted by Crippen LogP contribution is 2.36. The molecule has 0 unspecified atom stereocenters. The second kappa shape index (κ2) is 8.64. The van der Waals surface area contributed by atoms with Crippen LogP contribution in [0.1, 0.15) is 42.0 Å². The molecule has 0 aromatic heterocycles. The van der Waals surface area contributed by atoms with E-state index in [1.54, 1.807) is 24.3 Å². The number of imide groups is 1. The number of carbonyl (C=O) groups excluding carboxylic acids is 2. The summed E-state index contributed by atoms with van der Waals surface area (Å²) in [6, 6.07) is 20.6. The van der Waals surface area contributed by atoms with Crippen LogP contribution in [0.3, 0.4) is 0 Å². The summed E-state index contributed by atoms with van der Waals surface area (Å²) in [4.78, 5) is 28.3. The van der Waals surface area contributed by atoms with Crippen molar-refractivity contribution in [3.05, 3.63) is 99.7 Å². The molecule has 4 rings (SSSR count). The van der Waals surface area contributed by atoms with Gasteiger partial charge in [-0.3, -0.25) is 9.59 Å². The van der Waals surface area contributed by atoms with Crippen molar-refractivity contribution in [2.75, 3.05) is 10.2 Å². The topological polar surface area (TPSA) is 49.4 Å². The second-order valence-electron chi connectivity index (χ2n) is 8.40. The molecule has 1 aliphatic heterocycles. The van der Waals surface area contributed by atoms with Crippen LogP contribution in [0.5, 0.6) is 0 Å². The summed E-state index contributed by atoms with van der Waals surface area (Å²) in [5.74, 6) is -0.368. The van der Waals surface area contributed by atoms with Crippen molar-refractivity contribution in [2.45, 2.75) is 33.6 Å². The molecule has 162 valence electrons. The lowest BCUT2D eigenvalue weighted by molar-refractivity contribution is -0.120. The molecule has 3 aromatic carbocycles. The normalized spacial score (nSPS) is 14.0. The van der Waals surface area contributed by atoms with Gasteiger partial charge in [-0.05, 0) is 66.8 Å². The number of amides is 2. The molecule has 3 aromatic rings. The molecule has 1 aliphatic rings. The molecule has 0 saturated carbocycles. The van der Waals surface area contributed by atoms with E-state index in [2.05, 4.69) is 19.2 Å². The predicted octanol–water partition coefficient (Wildman–Crippen LogP) is 6.48. The predicted molar refractivity (Wildman–Crippen MR) is 131 cm³/mol. The number of halogens is 1. The highest BCUT2D eigenvalue weighted by molar-refractivity contribution is 6.46. The van der Waals surface area contributed by atoms with Gasteiger partial charge in [0.05, 0.1) is 11.3 Å². The minimum Gasteiger partial charge on any atom is -0.350 e. The summed E-state index contributed by atoms with van der Waals surface area (Å²) in [7, 11) is 0. The van der Waals surface area contributed by atoms with Gasteiger partial charge >= 0.3 is 0 Å². The van der Waals surface area contributed by atoms with E-state index in [0.717, 1.165) is 22.4 Å². The third-order valence-electron chi connectivity index (χ3n) is 5.65. The van der Waals surface area contributed by atoms with Gasteiger partial charge in [0.1, 0.15) is 5.70 Å². The summed E-state index contributed by atoms with van der Waals surface area (Å²) in [5.41, 5.74) is 5.79. The average molecular weight is 445 g/mol. The first kappa shape index (κ1) is 21.8. The Balaban J connectivity index is 1.82. The monoisotopic (exact) mass is 444 g/mol. The minimum absolute atomic E-state index is 0.263. The zero-order valence-electron chi connectivity index (χ0n) is 18.6. The first-order valence-electron chi connectivity index (χ1n) is 10.6. The molecule has 0 atom stereocenters. The van der Waals surface area contributed by atoms with Crippen LogP contribution in [0, 0.1) is 13.8 Å². The Kier molecular flexibility index (Phi) is 5.90. The van der Waals surface area contributed by atoms with Crippen LogP contribution in [-0.4, -0.2) is 11.8 Å². The van der Waals surface area contributed by atoms with Gasteiger partial charge in [0.2, 0.25) is 0 Å². The number of anilines is 2. The third kappa shape index (κ3) is 4.06. The fourth-order valence-corrected chi connectivity index (χ4v) is 4.12. The number of benzene rings is 3. The largest absolute Gasteiger partial charge is 0.350 e. The van der Waals surface area contributed by atoms with E-state index in [9.17, 15) is 9.59 Å². The SMILES string of the molecule is Cc1ccc(C2=C(Nc3ccc(C(C)C)cc3)C(=O)N(c3cccc(Cl)c3)C2=O)c(C)c1. The summed E-state index contributed by atoms with van der Waals surface area (Å²) in [6.45, 7) is 8.21. The van der Waals surface area contributed by atoms with Crippen LogP contribution >= 0.6 is 11.6 Å². The molecule has 2 amide bonds. The van der Waals surface area contributed by atoms with Crippen LogP contribution < -0.4 is 10.2 Å². The Morgan fingerprint density at radius 2 is 1.59 bits per heavy atom. The zero-order chi connectivity index (χ0) is 23.0. The van der Waals surface area contributed by atoms with Gasteiger partial charge in [-0.1, -0.05) is 67.4 Å². The van der Waals surface area contributed by atoms with Crippen molar-refractivity contribution >= 4 is 40.4 Å². The van der Waals surface area contributed by atoms with Crippen LogP contribution in [-0.2, 0) is 9.59 Å². The van der Waals surface area contributed by atoms with Gasteiger partial charge in [0.25, 0.3) is 11.8 Å². The van der Waals surface area contributed by atoms with Crippen LogP contribution in [0.4, 0.5) is 11.4 Å². The van der Waals surface area contributed by atoms with Crippen molar-refractivity contribution in [1.82, 2.24) is 0 Å². The van der Waals surface area contributed by atoms with E-state index in [1.165, 1.54) is 10.5 Å². The molecule has 1 heterocycles. The highest BCUT2D eigenvalue weighted by Gasteiger charge is 2.40. The maximum atomic E-state index is 13.6. The van der Waals surface area contributed by atoms with Crippen molar-refractivity contribution in [3.63, 3.8) is 0 Å². The van der Waals surface area contributed by atoms with E-state index in [-0.39, 0.29) is 11.6 Å². The molecular weight excluding hydrogens is 420 g/mol. The Hall–Kier alpha value is -3.37. The Bertz CT molecular complexity index is 1240. The number of nitrogens with one attached hydrogen (secondary N) is 1. The summed E-state index contributed by atoms with van der Waals surface area (Å²) < 4.78 is 0. The maximum Gasteiger partial charge on any atom is 0.282 e. The van der Waals surface area contributed by atoms with Gasteiger partial charge in [-0.15, -0.1) is 0 Å². The van der Waals surface area contributed by atoms with E-state index in [0.29, 0.717) is 22.2 Å². The highest BCUT2D eigenvalue weighted by atomic mass is 35.5. The smallest absolute Gasteiger partial charge is 0.282 e. The van der Waals surface area contributed by atoms with E-state index in [1.807, 2.05) is 56.3 Å². The molecular formula is C27H25ClN2O2. The first-order valence-corrected chi connectivity index (χ1v) is 11.0. The summed E-state index contributed by atoms with van der Waals surface area (Å²) >= 11 is 6.14. The van der Waals surface area contributed by atoms with Gasteiger partial charge in [0.15, 0.2) is 0 Å². The maximum absolute atomic E-state index is 13.6. The lowest BCUT2D eigenvalue weighted by Crippen LogP contribution is -2.32. The van der Waals surface area contributed by atoms with Crippen molar-refractivity contribution < 1.29 is 9.59 Å². The minimum atomic E-state index is -0.403. The zero-order valence-corrected chi connectivity index (χ0v) is 19.3. The molecule has 1 N–H and O–H groups in total. The fourth-order valence-electron chi connectivity index (χ4n) is 3.94. The lowest BCUT2D eigenvalue weighted by atomic mass is 9.97. The standard InChI is InChI=1S/C27H25ClN2O2/c1-16(2)19-9-11-21(12-10-19)29-25-24(23-13-8-17(3)14-18(23)4)26(31)30(27(25)32)22-7-5-6-20(28)15-22/h5-16,29H,1-4H3. The summed E-state index contributed by atoms with van der Waals surface area (Å²) in [5, 5.41) is 3.69. The second-order valence-corrected chi connectivity index (χ2v) is 8.83. The third-order valence-corrected chi connectivity index (χ3v) is 5.88. The van der Waals surface area contributed by atoms with Crippen LogP contribution in [0.15, 0.2) is 72.4 Å². The number of carbonyl (C=O) groups is 2. The number of aryl methyl sites for hydroxylation is 2. The molecule has 0 saturated heterocycles. The molecule has 32 heavy (non-hydrogen) atoms. The summed E-state index contributed by atoms with van der Waals surface area (Å²) in [6.07, 6.45) is 0. The van der Waals surface area contributed by atoms with E-state index < -0.39 is 5.91 Å². The lowest BCUT2D eigenvalue weighted by Gasteiger charge is -2.16. The van der Waals surface area contributed by atoms with Gasteiger partial charge in [-0.25, -0.2) is 4.90 Å². The Labute approximate surface area is 193 Å². The van der Waals surface area contributed by atoms with Gasteiger partial charge < -0.3 is 5.32 Å². The molecule has 0 aliphatic carbocycles. The van der Waals surface area contributed by atoms with Crippen LogP contribution in [0.25, 0.3) is 5.57 Å². The van der Waals surface area contributed by atoms with E-state index in [4.69, 9.17) is 11.6 Å². The Morgan fingerprint density at radius 1 is 0.875 bits per heavy atom. The van der Waals surface area contributed by atoms with Crippen LogP contribution in [0.2, 0.25) is 5.02 Å². The van der Waals surface area contributed by atoms with Gasteiger partial charge in [0, 0.05) is 10.7 Å². The quantitative estimate of drug-likeness (QED) is 0.458.